The summed E-state index contributed by atoms with van der Waals surface area (Å²) in [7, 11) is -3.54. The molecule has 0 spiro atoms. The van der Waals surface area contributed by atoms with Gasteiger partial charge in [-0.2, -0.15) is 0 Å². The van der Waals surface area contributed by atoms with E-state index in [4.69, 9.17) is 4.98 Å². The quantitative estimate of drug-likeness (QED) is 0.467. The van der Waals surface area contributed by atoms with E-state index in [0.29, 0.717) is 13.1 Å². The number of rotatable bonds is 8. The van der Waals surface area contributed by atoms with Crippen LogP contribution in [0.25, 0.3) is 11.0 Å². The van der Waals surface area contributed by atoms with Crippen LogP contribution in [-0.2, 0) is 29.4 Å². The third kappa shape index (κ3) is 4.61. The molecule has 0 aliphatic heterocycles. The molecule has 0 amide bonds. The van der Waals surface area contributed by atoms with Crippen LogP contribution in [0.4, 0.5) is 0 Å². The van der Waals surface area contributed by atoms with Crippen LogP contribution in [-0.4, -0.2) is 24.5 Å². The van der Waals surface area contributed by atoms with Crippen LogP contribution >= 0.6 is 0 Å². The largest absolute Gasteiger partial charge is 0.327 e. The van der Waals surface area contributed by atoms with E-state index >= 15 is 0 Å². The molecule has 0 fully saturated rings. The Balaban J connectivity index is 1.50. The number of aromatic nitrogens is 2. The van der Waals surface area contributed by atoms with Crippen LogP contribution in [0.1, 0.15) is 17.0 Å². The van der Waals surface area contributed by atoms with Crippen molar-refractivity contribution in [3.63, 3.8) is 0 Å². The molecule has 3 aromatic carbocycles. The molecule has 4 rings (SSSR count). The Kier molecular flexibility index (Phi) is 5.97. The number of hydrogen-bond donors (Lipinski definition) is 1. The summed E-state index contributed by atoms with van der Waals surface area (Å²) in [6.45, 7) is 2.76. The zero-order chi connectivity index (χ0) is 21.0. The number of imidazole rings is 1. The van der Waals surface area contributed by atoms with Crippen molar-refractivity contribution in [2.45, 2.75) is 31.2 Å². The van der Waals surface area contributed by atoms with Crippen LogP contribution in [0.3, 0.4) is 0 Å². The third-order valence-corrected chi connectivity index (χ3v) is 6.65. The molecular formula is C24H25N3O2S. The number of fused-ring (bicyclic) bond motifs is 1. The monoisotopic (exact) mass is 419 g/mol. The van der Waals surface area contributed by atoms with Crippen molar-refractivity contribution >= 4 is 21.1 Å². The average Bonchev–Trinajstić information content (AvgIpc) is 3.11. The highest BCUT2D eigenvalue weighted by Crippen LogP contribution is 2.18. The predicted molar refractivity (Wildman–Crippen MR) is 120 cm³/mol. The van der Waals surface area contributed by atoms with Crippen LogP contribution in [0, 0.1) is 6.92 Å². The zero-order valence-corrected chi connectivity index (χ0v) is 17.8. The number of sulfonamides is 1. The lowest BCUT2D eigenvalue weighted by atomic mass is 10.1. The Bertz CT molecular complexity index is 1230. The molecule has 30 heavy (non-hydrogen) atoms. The average molecular weight is 420 g/mol. The van der Waals surface area contributed by atoms with Crippen molar-refractivity contribution < 1.29 is 8.42 Å². The normalized spacial score (nSPS) is 11.8. The number of nitrogens with zero attached hydrogens (tertiary/aromatic N) is 2. The summed E-state index contributed by atoms with van der Waals surface area (Å²) in [6.07, 6.45) is 1.68. The minimum Gasteiger partial charge on any atom is -0.327 e. The zero-order valence-electron chi connectivity index (χ0n) is 17.0. The Hall–Kier alpha value is -2.96. The second-order valence-electron chi connectivity index (χ2n) is 7.36. The highest BCUT2D eigenvalue weighted by atomic mass is 32.2. The van der Waals surface area contributed by atoms with Crippen molar-refractivity contribution in [2.24, 2.45) is 0 Å². The van der Waals surface area contributed by atoms with Crippen LogP contribution < -0.4 is 4.72 Å². The Morgan fingerprint density at radius 3 is 2.33 bits per heavy atom. The summed E-state index contributed by atoms with van der Waals surface area (Å²) in [5.41, 5.74) is 4.25. The van der Waals surface area contributed by atoms with E-state index in [9.17, 15) is 8.42 Å². The van der Waals surface area contributed by atoms with E-state index in [1.165, 1.54) is 5.56 Å². The molecule has 0 aliphatic rings. The molecular weight excluding hydrogens is 394 g/mol. The second kappa shape index (κ2) is 8.81. The third-order valence-electron chi connectivity index (χ3n) is 5.17. The number of hydrogen-bond acceptors (Lipinski definition) is 3. The van der Waals surface area contributed by atoms with Crippen molar-refractivity contribution in [3.8, 4) is 0 Å². The fourth-order valence-corrected chi connectivity index (χ4v) is 4.58. The van der Waals surface area contributed by atoms with Gasteiger partial charge in [0.25, 0.3) is 0 Å². The topological polar surface area (TPSA) is 64.0 Å². The molecule has 1 aromatic heterocycles. The standard InChI is InChI=1S/C24H25N3O2S/c1-19-11-14-21(15-12-19)30(28,29)25-17-18-27-23-10-6-5-9-22(23)26-24(27)16-13-20-7-3-2-4-8-20/h2-12,14-15,25H,13,16-18H2,1H3. The van der Waals surface area contributed by atoms with Gasteiger partial charge in [0.05, 0.1) is 15.9 Å². The molecule has 1 heterocycles. The fourth-order valence-electron chi connectivity index (χ4n) is 3.56. The lowest BCUT2D eigenvalue weighted by Gasteiger charge is -2.11. The number of para-hydroxylation sites is 2. The maximum absolute atomic E-state index is 12.6. The number of nitrogens with one attached hydrogen (secondary N) is 1. The maximum Gasteiger partial charge on any atom is 0.240 e. The molecule has 5 nitrogen and oxygen atoms in total. The van der Waals surface area contributed by atoms with Gasteiger partial charge in [-0.05, 0) is 43.2 Å². The fraction of sp³-hybridized carbons (Fsp3) is 0.208. The SMILES string of the molecule is Cc1ccc(S(=O)(=O)NCCn2c(CCc3ccccc3)nc3ccccc32)cc1. The van der Waals surface area contributed by atoms with Crippen LogP contribution in [0.5, 0.6) is 0 Å². The first-order valence-electron chi connectivity index (χ1n) is 10.1. The van der Waals surface area contributed by atoms with Gasteiger partial charge < -0.3 is 4.57 Å². The Morgan fingerprint density at radius 2 is 1.57 bits per heavy atom. The summed E-state index contributed by atoms with van der Waals surface area (Å²) in [4.78, 5) is 5.08. The summed E-state index contributed by atoms with van der Waals surface area (Å²) in [5, 5.41) is 0. The van der Waals surface area contributed by atoms with Crippen molar-refractivity contribution in [1.82, 2.24) is 14.3 Å². The Morgan fingerprint density at radius 1 is 0.867 bits per heavy atom. The van der Waals surface area contributed by atoms with Gasteiger partial charge >= 0.3 is 0 Å². The van der Waals surface area contributed by atoms with Gasteiger partial charge in [0, 0.05) is 19.5 Å². The van der Waals surface area contributed by atoms with E-state index in [2.05, 4.69) is 21.4 Å². The van der Waals surface area contributed by atoms with Crippen LogP contribution in [0.15, 0.2) is 83.8 Å². The first kappa shape index (κ1) is 20.3. The molecule has 0 bridgehead atoms. The second-order valence-corrected chi connectivity index (χ2v) is 9.13. The smallest absolute Gasteiger partial charge is 0.240 e. The molecule has 0 radical (unpaired) electrons. The van der Waals surface area contributed by atoms with Crippen LogP contribution in [0.2, 0.25) is 0 Å². The van der Waals surface area contributed by atoms with Gasteiger partial charge in [-0.1, -0.05) is 60.2 Å². The minimum atomic E-state index is -3.54. The summed E-state index contributed by atoms with van der Waals surface area (Å²) in [5.74, 6) is 0.967. The summed E-state index contributed by atoms with van der Waals surface area (Å²) >= 11 is 0. The molecule has 0 saturated heterocycles. The lowest BCUT2D eigenvalue weighted by molar-refractivity contribution is 0.571. The minimum absolute atomic E-state index is 0.285. The van der Waals surface area contributed by atoms with Gasteiger partial charge in [-0.25, -0.2) is 18.1 Å². The van der Waals surface area contributed by atoms with Gasteiger partial charge in [-0.15, -0.1) is 0 Å². The lowest BCUT2D eigenvalue weighted by Crippen LogP contribution is -2.28. The summed E-state index contributed by atoms with van der Waals surface area (Å²) < 4.78 is 30.0. The van der Waals surface area contributed by atoms with Gasteiger partial charge in [0.1, 0.15) is 5.82 Å². The van der Waals surface area contributed by atoms with Gasteiger partial charge in [0.2, 0.25) is 10.0 Å². The van der Waals surface area contributed by atoms with E-state index in [1.54, 1.807) is 24.3 Å². The maximum atomic E-state index is 12.6. The highest BCUT2D eigenvalue weighted by Gasteiger charge is 2.15. The molecule has 154 valence electrons. The van der Waals surface area contributed by atoms with E-state index in [0.717, 1.165) is 35.3 Å². The molecule has 4 aromatic rings. The summed E-state index contributed by atoms with van der Waals surface area (Å²) in [6, 6.07) is 25.2. The van der Waals surface area contributed by atoms with E-state index in [1.807, 2.05) is 49.4 Å². The molecule has 0 atom stereocenters. The highest BCUT2D eigenvalue weighted by molar-refractivity contribution is 7.89. The van der Waals surface area contributed by atoms with Crippen molar-refractivity contribution in [2.75, 3.05) is 6.54 Å². The molecule has 1 N–H and O–H groups in total. The Labute approximate surface area is 177 Å². The first-order chi connectivity index (χ1) is 14.5. The number of benzene rings is 3. The molecule has 0 aliphatic carbocycles. The predicted octanol–water partition coefficient (Wildman–Crippen LogP) is 4.11. The van der Waals surface area contributed by atoms with Crippen molar-refractivity contribution in [3.05, 3.63) is 95.8 Å². The van der Waals surface area contributed by atoms with E-state index in [-0.39, 0.29) is 4.90 Å². The van der Waals surface area contributed by atoms with Crippen molar-refractivity contribution in [1.29, 1.82) is 0 Å². The van der Waals surface area contributed by atoms with E-state index < -0.39 is 10.0 Å². The molecule has 6 heteroatoms. The van der Waals surface area contributed by atoms with Gasteiger partial charge in [-0.3, -0.25) is 0 Å². The molecule has 0 saturated carbocycles. The van der Waals surface area contributed by atoms with Gasteiger partial charge in [0.15, 0.2) is 0 Å². The first-order valence-corrected chi connectivity index (χ1v) is 11.6. The number of aryl methyl sites for hydroxylation is 3. The molecule has 0 unspecified atom stereocenters.